The molecule has 0 amide bonds. The van der Waals surface area contributed by atoms with Crippen LogP contribution < -0.4 is 5.32 Å². The first kappa shape index (κ1) is 13.7. The number of pyridine rings is 1. The smallest absolute Gasteiger partial charge is 0.213 e. The summed E-state index contributed by atoms with van der Waals surface area (Å²) in [6.07, 6.45) is 5.06. The maximum Gasteiger partial charge on any atom is 0.213 e. The van der Waals surface area contributed by atoms with Crippen LogP contribution in [0.15, 0.2) is 29.4 Å². The van der Waals surface area contributed by atoms with Gasteiger partial charge in [0, 0.05) is 24.2 Å². The first-order valence-corrected chi connectivity index (χ1v) is 6.97. The van der Waals surface area contributed by atoms with Gasteiger partial charge in [0.15, 0.2) is 11.5 Å². The molecule has 21 heavy (non-hydrogen) atoms. The molecule has 0 aliphatic heterocycles. The van der Waals surface area contributed by atoms with Crippen molar-refractivity contribution in [3.63, 3.8) is 0 Å². The van der Waals surface area contributed by atoms with E-state index >= 15 is 0 Å². The zero-order chi connectivity index (χ0) is 14.8. The Morgan fingerprint density at radius 2 is 2.10 bits per heavy atom. The molecule has 0 fully saturated rings. The average Bonchev–Trinajstić information content (AvgIpc) is 3.13. The summed E-state index contributed by atoms with van der Waals surface area (Å²) in [6.45, 7) is 6.87. The molecule has 0 aliphatic carbocycles. The minimum atomic E-state index is 0.0258. The van der Waals surface area contributed by atoms with Crippen molar-refractivity contribution in [3.05, 3.63) is 36.2 Å². The van der Waals surface area contributed by atoms with E-state index in [1.165, 1.54) is 6.39 Å². The topological polar surface area (TPSA) is 81.7 Å². The minimum absolute atomic E-state index is 0.0258. The lowest BCUT2D eigenvalue weighted by Crippen LogP contribution is -2.19. The minimum Gasteiger partial charge on any atom is -0.343 e. The largest absolute Gasteiger partial charge is 0.343 e. The Morgan fingerprint density at radius 3 is 2.81 bits per heavy atom. The molecule has 3 heterocycles. The molecule has 1 atom stereocenters. The molecule has 0 aromatic carbocycles. The van der Waals surface area contributed by atoms with Crippen LogP contribution in [0.4, 0.5) is 0 Å². The maximum absolute atomic E-state index is 4.75. The van der Waals surface area contributed by atoms with Crippen molar-refractivity contribution in [2.75, 3.05) is 0 Å². The first-order chi connectivity index (χ1) is 10.1. The van der Waals surface area contributed by atoms with Crippen molar-refractivity contribution in [1.29, 1.82) is 0 Å². The van der Waals surface area contributed by atoms with Crippen molar-refractivity contribution in [3.8, 4) is 0 Å². The summed E-state index contributed by atoms with van der Waals surface area (Å²) in [5.41, 5.74) is 2.01. The summed E-state index contributed by atoms with van der Waals surface area (Å²) in [6, 6.07) is 2.43. The molecule has 0 saturated carbocycles. The summed E-state index contributed by atoms with van der Waals surface area (Å²) >= 11 is 0. The van der Waals surface area contributed by atoms with Gasteiger partial charge < -0.3 is 9.84 Å². The highest BCUT2D eigenvalue weighted by atomic mass is 16.5. The molecule has 0 radical (unpaired) electrons. The molecule has 0 saturated heterocycles. The van der Waals surface area contributed by atoms with Crippen molar-refractivity contribution in [2.24, 2.45) is 0 Å². The fourth-order valence-electron chi connectivity index (χ4n) is 2.19. The SMILES string of the molecule is CC(C)n1ncc2cc(CN[C@@H](C)c3ncon3)cnc21. The van der Waals surface area contributed by atoms with Crippen molar-refractivity contribution in [2.45, 2.75) is 39.4 Å². The third-order valence-corrected chi connectivity index (χ3v) is 3.36. The van der Waals surface area contributed by atoms with Gasteiger partial charge in [0.2, 0.25) is 6.39 Å². The van der Waals surface area contributed by atoms with Gasteiger partial charge in [-0.15, -0.1) is 0 Å². The Hall–Kier alpha value is -2.28. The monoisotopic (exact) mass is 286 g/mol. The summed E-state index contributed by atoms with van der Waals surface area (Å²) < 4.78 is 6.67. The van der Waals surface area contributed by atoms with Crippen LogP contribution in [-0.2, 0) is 6.54 Å². The number of aromatic nitrogens is 5. The Balaban J connectivity index is 1.73. The van der Waals surface area contributed by atoms with Gasteiger partial charge in [-0.05, 0) is 32.4 Å². The van der Waals surface area contributed by atoms with E-state index in [9.17, 15) is 0 Å². The molecule has 110 valence electrons. The zero-order valence-corrected chi connectivity index (χ0v) is 12.3. The van der Waals surface area contributed by atoms with Crippen LogP contribution in [0.2, 0.25) is 0 Å². The molecule has 0 aliphatic rings. The van der Waals surface area contributed by atoms with Crippen molar-refractivity contribution in [1.82, 2.24) is 30.2 Å². The van der Waals surface area contributed by atoms with E-state index in [1.807, 2.05) is 24.0 Å². The van der Waals surface area contributed by atoms with Crippen LogP contribution in [0.3, 0.4) is 0 Å². The van der Waals surface area contributed by atoms with Gasteiger partial charge in [-0.2, -0.15) is 10.1 Å². The normalized spacial score (nSPS) is 13.1. The van der Waals surface area contributed by atoms with Gasteiger partial charge in [-0.25, -0.2) is 9.67 Å². The number of rotatable bonds is 5. The van der Waals surface area contributed by atoms with Crippen molar-refractivity contribution < 1.29 is 4.52 Å². The molecule has 0 spiro atoms. The van der Waals surface area contributed by atoms with Crippen molar-refractivity contribution >= 4 is 11.0 Å². The fraction of sp³-hybridized carbons (Fsp3) is 0.429. The summed E-state index contributed by atoms with van der Waals surface area (Å²) in [5.74, 6) is 0.650. The number of hydrogen-bond donors (Lipinski definition) is 1. The number of nitrogens with one attached hydrogen (secondary N) is 1. The summed E-state index contributed by atoms with van der Waals surface area (Å²) in [5, 5.41) is 12.6. The van der Waals surface area contributed by atoms with Gasteiger partial charge in [0.1, 0.15) is 0 Å². The second-order valence-electron chi connectivity index (χ2n) is 5.33. The van der Waals surface area contributed by atoms with E-state index in [1.54, 1.807) is 0 Å². The van der Waals surface area contributed by atoms with E-state index in [2.05, 4.69) is 45.5 Å². The average molecular weight is 286 g/mol. The standard InChI is InChI=1S/C14H18N6O/c1-9(2)20-14-12(7-18-20)4-11(6-16-14)5-15-10(3)13-17-8-21-19-13/h4,6-10,15H,5H2,1-3H3/t10-/m0/s1. The zero-order valence-electron chi connectivity index (χ0n) is 12.3. The lowest BCUT2D eigenvalue weighted by Gasteiger charge is -2.10. The predicted molar refractivity (Wildman–Crippen MR) is 77.5 cm³/mol. The summed E-state index contributed by atoms with van der Waals surface area (Å²) in [4.78, 5) is 8.55. The van der Waals surface area contributed by atoms with Gasteiger partial charge >= 0.3 is 0 Å². The number of nitrogens with zero attached hydrogens (tertiary/aromatic N) is 5. The molecule has 3 aromatic rings. The Morgan fingerprint density at radius 1 is 1.24 bits per heavy atom. The maximum atomic E-state index is 4.75. The lowest BCUT2D eigenvalue weighted by atomic mass is 10.2. The van der Waals surface area contributed by atoms with Gasteiger partial charge in [0.05, 0.1) is 12.2 Å². The highest BCUT2D eigenvalue weighted by molar-refractivity contribution is 5.75. The van der Waals surface area contributed by atoms with E-state index in [-0.39, 0.29) is 6.04 Å². The lowest BCUT2D eigenvalue weighted by molar-refractivity contribution is 0.398. The number of hydrogen-bond acceptors (Lipinski definition) is 6. The highest BCUT2D eigenvalue weighted by Crippen LogP contribution is 2.17. The molecule has 7 heteroatoms. The third kappa shape index (κ3) is 2.78. The van der Waals surface area contributed by atoms with E-state index in [4.69, 9.17) is 4.52 Å². The molecular weight excluding hydrogens is 268 g/mol. The molecular formula is C14H18N6O. The molecule has 0 unspecified atom stereocenters. The van der Waals surface area contributed by atoms with E-state index in [0.29, 0.717) is 18.4 Å². The molecule has 1 N–H and O–H groups in total. The summed E-state index contributed by atoms with van der Waals surface area (Å²) in [7, 11) is 0. The van der Waals surface area contributed by atoms with Crippen LogP contribution in [0.5, 0.6) is 0 Å². The van der Waals surface area contributed by atoms with Crippen LogP contribution in [0.25, 0.3) is 11.0 Å². The predicted octanol–water partition coefficient (Wildman–Crippen LogP) is 2.25. The molecule has 0 bridgehead atoms. The van der Waals surface area contributed by atoms with Crippen LogP contribution in [0.1, 0.15) is 44.2 Å². The van der Waals surface area contributed by atoms with E-state index in [0.717, 1.165) is 16.6 Å². The van der Waals surface area contributed by atoms with Gasteiger partial charge in [-0.3, -0.25) is 0 Å². The highest BCUT2D eigenvalue weighted by Gasteiger charge is 2.11. The van der Waals surface area contributed by atoms with E-state index < -0.39 is 0 Å². The van der Waals surface area contributed by atoms with Crippen LogP contribution >= 0.6 is 0 Å². The second kappa shape index (κ2) is 5.61. The molecule has 3 aromatic heterocycles. The van der Waals surface area contributed by atoms with Crippen LogP contribution in [0, 0.1) is 0 Å². The van der Waals surface area contributed by atoms with Gasteiger partial charge in [-0.1, -0.05) is 5.16 Å². The Labute approximate surface area is 122 Å². The Bertz CT molecular complexity index is 718. The molecule has 7 nitrogen and oxygen atoms in total. The van der Waals surface area contributed by atoms with Gasteiger partial charge in [0.25, 0.3) is 0 Å². The first-order valence-electron chi connectivity index (χ1n) is 6.97. The third-order valence-electron chi connectivity index (χ3n) is 3.36. The molecule has 3 rings (SSSR count). The van der Waals surface area contributed by atoms with Crippen LogP contribution in [-0.4, -0.2) is 24.9 Å². The fourth-order valence-corrected chi connectivity index (χ4v) is 2.19. The Kier molecular flexibility index (Phi) is 3.66. The second-order valence-corrected chi connectivity index (χ2v) is 5.33. The number of fused-ring (bicyclic) bond motifs is 1. The quantitative estimate of drug-likeness (QED) is 0.774.